The Morgan fingerprint density at radius 1 is 1.17 bits per heavy atom. The van der Waals surface area contributed by atoms with E-state index in [1.807, 2.05) is 39.2 Å². The molecule has 4 unspecified atom stereocenters. The van der Waals surface area contributed by atoms with Gasteiger partial charge in [0, 0.05) is 11.3 Å². The Labute approximate surface area is 214 Å². The molecule has 200 valence electrons. The summed E-state index contributed by atoms with van der Waals surface area (Å²) >= 11 is 1.55. The van der Waals surface area contributed by atoms with E-state index in [2.05, 4.69) is 4.98 Å². The molecular weight excluding hydrogens is 466 g/mol. The van der Waals surface area contributed by atoms with E-state index in [1.54, 1.807) is 39.0 Å². The van der Waals surface area contributed by atoms with Crippen molar-refractivity contribution in [1.82, 2.24) is 4.98 Å². The molecule has 0 aliphatic rings. The van der Waals surface area contributed by atoms with Crippen LogP contribution in [0.25, 0.3) is 6.08 Å². The zero-order chi connectivity index (χ0) is 26.9. The van der Waals surface area contributed by atoms with Gasteiger partial charge in [0.2, 0.25) is 0 Å². The van der Waals surface area contributed by atoms with Gasteiger partial charge in [-0.05, 0) is 57.6 Å². The molecule has 8 heteroatoms. The van der Waals surface area contributed by atoms with Crippen LogP contribution in [-0.2, 0) is 14.3 Å². The summed E-state index contributed by atoms with van der Waals surface area (Å²) in [6.07, 6.45) is 1.27. The summed E-state index contributed by atoms with van der Waals surface area (Å²) in [6, 6.07) is 0. The highest BCUT2D eigenvalue weighted by atomic mass is 32.1. The highest BCUT2D eigenvalue weighted by Gasteiger charge is 2.42. The van der Waals surface area contributed by atoms with Gasteiger partial charge in [-0.3, -0.25) is 9.59 Å². The van der Waals surface area contributed by atoms with Gasteiger partial charge in [0.05, 0.1) is 40.8 Å². The molecule has 0 aliphatic carbocycles. The van der Waals surface area contributed by atoms with Crippen LogP contribution in [0.15, 0.2) is 11.0 Å². The zero-order valence-corrected chi connectivity index (χ0v) is 23.4. The van der Waals surface area contributed by atoms with Crippen LogP contribution < -0.4 is 0 Å². The monoisotopic (exact) mass is 511 g/mol. The van der Waals surface area contributed by atoms with Crippen molar-refractivity contribution in [2.45, 2.75) is 112 Å². The lowest BCUT2D eigenvalue weighted by Crippen LogP contribution is -2.45. The Morgan fingerprint density at radius 2 is 1.80 bits per heavy atom. The number of ketones is 1. The van der Waals surface area contributed by atoms with Crippen LogP contribution in [-0.4, -0.2) is 56.5 Å². The summed E-state index contributed by atoms with van der Waals surface area (Å²) < 4.78 is 5.62. The molecule has 1 rings (SSSR count). The molecule has 1 aromatic heterocycles. The summed E-state index contributed by atoms with van der Waals surface area (Å²) in [7, 11) is 0. The fourth-order valence-corrected chi connectivity index (χ4v) is 4.77. The van der Waals surface area contributed by atoms with Crippen LogP contribution in [0.1, 0.15) is 91.3 Å². The third kappa shape index (κ3) is 9.75. The van der Waals surface area contributed by atoms with Crippen LogP contribution in [0.4, 0.5) is 0 Å². The van der Waals surface area contributed by atoms with E-state index in [9.17, 15) is 24.9 Å². The van der Waals surface area contributed by atoms with E-state index < -0.39 is 41.7 Å². The number of carbonyl (C=O) groups is 2. The molecule has 0 saturated carbocycles. The third-order valence-electron chi connectivity index (χ3n) is 6.78. The standard InChI is InChI=1S/C27H45NO6S/c1-9-22(17(3)13-21-15-35-20(6)28-21)34-24(31)14-23(30)27(7,8)26(33)19(5)25(32)16(2)11-10-12-18(4)29/h13,15-16,18-19,22-23,25,29-30,32H,9-12,14H2,1-8H3/b17-13+/t16?,18?,19?,22-,23?,25-/m0/s1. The maximum Gasteiger partial charge on any atom is 0.309 e. The molecule has 3 N–H and O–H groups in total. The van der Waals surface area contributed by atoms with E-state index in [-0.39, 0.29) is 18.1 Å². The minimum atomic E-state index is -1.24. The highest BCUT2D eigenvalue weighted by molar-refractivity contribution is 7.09. The summed E-state index contributed by atoms with van der Waals surface area (Å²) in [5.41, 5.74) is 0.444. The molecule has 0 saturated heterocycles. The number of thiazole rings is 1. The number of nitrogens with zero attached hydrogens (tertiary/aromatic N) is 1. The maximum absolute atomic E-state index is 13.2. The van der Waals surface area contributed by atoms with Gasteiger partial charge in [0.15, 0.2) is 0 Å². The second-order valence-electron chi connectivity index (χ2n) is 10.4. The smallest absolute Gasteiger partial charge is 0.309 e. The number of hydrogen-bond donors (Lipinski definition) is 3. The number of rotatable bonds is 15. The first-order chi connectivity index (χ1) is 16.2. The van der Waals surface area contributed by atoms with Gasteiger partial charge in [-0.15, -0.1) is 11.3 Å². The lowest BCUT2D eigenvalue weighted by molar-refractivity contribution is -0.154. The summed E-state index contributed by atoms with van der Waals surface area (Å²) in [4.78, 5) is 30.2. The Kier molecular flexibility index (Phi) is 12.8. The van der Waals surface area contributed by atoms with Crippen LogP contribution in [0, 0.1) is 24.2 Å². The minimum Gasteiger partial charge on any atom is -0.458 e. The minimum absolute atomic E-state index is 0.132. The van der Waals surface area contributed by atoms with Gasteiger partial charge in [-0.25, -0.2) is 4.98 Å². The van der Waals surface area contributed by atoms with Gasteiger partial charge in [-0.2, -0.15) is 0 Å². The second-order valence-corrected chi connectivity index (χ2v) is 11.5. The number of aliphatic hydroxyl groups is 3. The molecule has 0 fully saturated rings. The molecule has 1 heterocycles. The van der Waals surface area contributed by atoms with E-state index >= 15 is 0 Å². The first-order valence-corrected chi connectivity index (χ1v) is 13.5. The molecule has 0 spiro atoms. The Morgan fingerprint density at radius 3 is 2.31 bits per heavy atom. The van der Waals surface area contributed by atoms with Crippen molar-refractivity contribution in [3.05, 3.63) is 21.7 Å². The molecule has 35 heavy (non-hydrogen) atoms. The molecule has 0 aliphatic heterocycles. The van der Waals surface area contributed by atoms with Crippen molar-refractivity contribution in [2.75, 3.05) is 0 Å². The molecule has 0 amide bonds. The van der Waals surface area contributed by atoms with Crippen molar-refractivity contribution in [2.24, 2.45) is 17.3 Å². The quantitative estimate of drug-likeness (QED) is 0.292. The molecular formula is C27H45NO6S. The van der Waals surface area contributed by atoms with Crippen molar-refractivity contribution in [3.63, 3.8) is 0 Å². The Hall–Kier alpha value is -1.61. The van der Waals surface area contributed by atoms with Gasteiger partial charge < -0.3 is 20.1 Å². The molecule has 7 nitrogen and oxygen atoms in total. The molecule has 1 aromatic rings. The predicted molar refractivity (Wildman–Crippen MR) is 140 cm³/mol. The van der Waals surface area contributed by atoms with E-state index in [0.717, 1.165) is 22.7 Å². The number of aliphatic hydroxyl groups excluding tert-OH is 3. The highest BCUT2D eigenvalue weighted by Crippen LogP contribution is 2.32. The second kappa shape index (κ2) is 14.2. The Bertz CT molecular complexity index is 846. The van der Waals surface area contributed by atoms with E-state index in [4.69, 9.17) is 4.74 Å². The number of aromatic nitrogens is 1. The topological polar surface area (TPSA) is 117 Å². The summed E-state index contributed by atoms with van der Waals surface area (Å²) in [5.74, 6) is -1.71. The summed E-state index contributed by atoms with van der Waals surface area (Å²) in [6.45, 7) is 14.2. The number of esters is 1. The number of Topliss-reactive ketones (excluding diaryl/α,β-unsaturated/α-hetero) is 1. The first-order valence-electron chi connectivity index (χ1n) is 12.6. The van der Waals surface area contributed by atoms with Gasteiger partial charge in [0.25, 0.3) is 0 Å². The average Bonchev–Trinajstić information content (AvgIpc) is 3.19. The maximum atomic E-state index is 13.2. The molecule has 0 radical (unpaired) electrons. The fraction of sp³-hybridized carbons (Fsp3) is 0.741. The van der Waals surface area contributed by atoms with Crippen molar-refractivity contribution in [1.29, 1.82) is 0 Å². The number of aryl methyl sites for hydroxylation is 1. The van der Waals surface area contributed by atoms with E-state index in [0.29, 0.717) is 19.3 Å². The van der Waals surface area contributed by atoms with Gasteiger partial charge in [-0.1, -0.05) is 41.0 Å². The summed E-state index contributed by atoms with van der Waals surface area (Å²) in [5, 5.41) is 33.8. The average molecular weight is 512 g/mol. The van der Waals surface area contributed by atoms with Gasteiger partial charge >= 0.3 is 5.97 Å². The first kappa shape index (κ1) is 31.4. The number of carbonyl (C=O) groups excluding carboxylic acids is 2. The fourth-order valence-electron chi connectivity index (χ4n) is 4.20. The Balaban J connectivity index is 2.74. The molecule has 0 aromatic carbocycles. The van der Waals surface area contributed by atoms with E-state index in [1.165, 1.54) is 0 Å². The van der Waals surface area contributed by atoms with Crippen LogP contribution in [0.2, 0.25) is 0 Å². The van der Waals surface area contributed by atoms with Crippen LogP contribution in [0.5, 0.6) is 0 Å². The molecule has 0 bridgehead atoms. The SMILES string of the molecule is CC[C@H](OC(=O)CC(O)C(C)(C)C(=O)C(C)[C@@H](O)C(C)CCCC(C)O)/C(C)=C/c1csc(C)n1. The largest absolute Gasteiger partial charge is 0.458 e. The van der Waals surface area contributed by atoms with Crippen LogP contribution in [0.3, 0.4) is 0 Å². The third-order valence-corrected chi connectivity index (χ3v) is 7.57. The molecule has 6 atom stereocenters. The van der Waals surface area contributed by atoms with Crippen molar-refractivity contribution < 1.29 is 29.6 Å². The lowest BCUT2D eigenvalue weighted by Gasteiger charge is -2.34. The van der Waals surface area contributed by atoms with Crippen molar-refractivity contribution >= 4 is 29.2 Å². The number of ether oxygens (including phenoxy) is 1. The normalized spacial score (nSPS) is 17.9. The zero-order valence-electron chi connectivity index (χ0n) is 22.6. The number of hydrogen-bond acceptors (Lipinski definition) is 8. The van der Waals surface area contributed by atoms with Crippen molar-refractivity contribution in [3.8, 4) is 0 Å². The van der Waals surface area contributed by atoms with Gasteiger partial charge in [0.1, 0.15) is 11.9 Å². The lowest BCUT2D eigenvalue weighted by atomic mass is 9.73. The predicted octanol–water partition coefficient (Wildman–Crippen LogP) is 4.71. The van der Waals surface area contributed by atoms with Crippen LogP contribution >= 0.6 is 11.3 Å².